The van der Waals surface area contributed by atoms with Crippen molar-refractivity contribution in [3.05, 3.63) is 68.4 Å². The van der Waals surface area contributed by atoms with E-state index in [1.54, 1.807) is 18.5 Å². The summed E-state index contributed by atoms with van der Waals surface area (Å²) in [5, 5.41) is 12.0. The van der Waals surface area contributed by atoms with Crippen LogP contribution in [0.5, 0.6) is 0 Å². The first-order valence-corrected chi connectivity index (χ1v) is 8.32. The minimum Gasteiger partial charge on any atom is -0.351 e. The molecule has 6 nitrogen and oxygen atoms in total. The predicted octanol–water partition coefficient (Wildman–Crippen LogP) is 3.86. The molecule has 120 valence electrons. The number of hydrogen-bond acceptors (Lipinski definition) is 5. The number of halogens is 1. The summed E-state index contributed by atoms with van der Waals surface area (Å²) in [6.07, 6.45) is 2.40. The average molecular weight is 385 g/mol. The molecular weight excluding hydrogens is 372 g/mol. The van der Waals surface area contributed by atoms with Crippen LogP contribution in [0.15, 0.2) is 47.2 Å². The zero-order valence-corrected chi connectivity index (χ0v) is 14.2. The normalized spacial score (nSPS) is 13.8. The molecule has 0 saturated carbocycles. The molecule has 7 heteroatoms. The van der Waals surface area contributed by atoms with E-state index in [0.717, 1.165) is 45.3 Å². The minimum atomic E-state index is -0.351. The summed E-state index contributed by atoms with van der Waals surface area (Å²) >= 11 is 3.49. The number of hydrogen-bond donors (Lipinski definition) is 0. The van der Waals surface area contributed by atoms with Gasteiger partial charge in [-0.2, -0.15) is 0 Å². The Morgan fingerprint density at radius 2 is 2.00 bits per heavy atom. The number of benzene rings is 2. The summed E-state index contributed by atoms with van der Waals surface area (Å²) in [4.78, 5) is 21.6. The molecule has 0 fully saturated rings. The molecular formula is C17H13BrN4O2. The van der Waals surface area contributed by atoms with E-state index in [4.69, 9.17) is 0 Å². The van der Waals surface area contributed by atoms with Gasteiger partial charge < -0.3 is 4.90 Å². The van der Waals surface area contributed by atoms with Gasteiger partial charge in [0.1, 0.15) is 12.1 Å². The van der Waals surface area contributed by atoms with Crippen LogP contribution in [0.25, 0.3) is 10.9 Å². The Hall–Kier alpha value is -2.54. The number of fused-ring (bicyclic) bond motifs is 2. The lowest BCUT2D eigenvalue weighted by molar-refractivity contribution is -0.384. The Bertz CT molecular complexity index is 960. The molecule has 24 heavy (non-hydrogen) atoms. The number of aromatic nitrogens is 2. The van der Waals surface area contributed by atoms with Crippen LogP contribution in [0, 0.1) is 10.1 Å². The zero-order chi connectivity index (χ0) is 16.7. The van der Waals surface area contributed by atoms with Gasteiger partial charge in [0.25, 0.3) is 5.69 Å². The molecule has 4 rings (SSSR count). The smallest absolute Gasteiger partial charge is 0.269 e. The maximum Gasteiger partial charge on any atom is 0.269 e. The van der Waals surface area contributed by atoms with E-state index in [1.807, 2.05) is 24.3 Å². The van der Waals surface area contributed by atoms with Crippen molar-refractivity contribution in [2.45, 2.75) is 13.0 Å². The van der Waals surface area contributed by atoms with E-state index in [1.165, 1.54) is 0 Å². The van der Waals surface area contributed by atoms with E-state index in [0.29, 0.717) is 6.54 Å². The maximum absolute atomic E-state index is 11.0. The monoisotopic (exact) mass is 384 g/mol. The number of non-ortho nitro benzene ring substituents is 1. The van der Waals surface area contributed by atoms with E-state index in [9.17, 15) is 10.1 Å². The highest BCUT2D eigenvalue weighted by atomic mass is 79.9. The van der Waals surface area contributed by atoms with Crippen molar-refractivity contribution in [2.75, 3.05) is 11.4 Å². The number of anilines is 1. The first kappa shape index (κ1) is 15.0. The van der Waals surface area contributed by atoms with Crippen molar-refractivity contribution in [1.29, 1.82) is 0 Å². The van der Waals surface area contributed by atoms with Gasteiger partial charge in [-0.1, -0.05) is 22.0 Å². The molecule has 0 spiro atoms. The quantitative estimate of drug-likeness (QED) is 0.495. The van der Waals surface area contributed by atoms with Crippen LogP contribution in [0.2, 0.25) is 0 Å². The van der Waals surface area contributed by atoms with Gasteiger partial charge in [0.05, 0.1) is 10.4 Å². The van der Waals surface area contributed by atoms with Crippen molar-refractivity contribution in [2.24, 2.45) is 0 Å². The van der Waals surface area contributed by atoms with Gasteiger partial charge in [-0.05, 0) is 35.7 Å². The first-order chi connectivity index (χ1) is 11.6. The molecule has 0 bridgehead atoms. The summed E-state index contributed by atoms with van der Waals surface area (Å²) < 4.78 is 0.971. The van der Waals surface area contributed by atoms with Gasteiger partial charge in [-0.3, -0.25) is 10.1 Å². The number of nitro benzene ring substituents is 1. The van der Waals surface area contributed by atoms with Gasteiger partial charge in [0, 0.05) is 35.1 Å². The van der Waals surface area contributed by atoms with E-state index < -0.39 is 0 Å². The van der Waals surface area contributed by atoms with E-state index in [-0.39, 0.29) is 10.6 Å². The molecule has 1 aliphatic heterocycles. The van der Waals surface area contributed by atoms with Crippen LogP contribution >= 0.6 is 15.9 Å². The molecule has 1 aliphatic rings. The van der Waals surface area contributed by atoms with Gasteiger partial charge in [0.2, 0.25) is 0 Å². The third-order valence-electron chi connectivity index (χ3n) is 4.29. The van der Waals surface area contributed by atoms with E-state index >= 15 is 0 Å². The lowest BCUT2D eigenvalue weighted by Gasteiger charge is -2.30. The minimum absolute atomic E-state index is 0.130. The fourth-order valence-corrected chi connectivity index (χ4v) is 3.47. The Morgan fingerprint density at radius 3 is 2.83 bits per heavy atom. The molecule has 3 aromatic rings. The largest absolute Gasteiger partial charge is 0.351 e. The van der Waals surface area contributed by atoms with Crippen molar-refractivity contribution in [3.8, 4) is 0 Å². The Balaban J connectivity index is 1.76. The second-order valence-electron chi connectivity index (χ2n) is 5.74. The fraction of sp³-hybridized carbons (Fsp3) is 0.176. The highest BCUT2D eigenvalue weighted by Gasteiger charge is 2.21. The molecule has 0 aliphatic carbocycles. The Kier molecular flexibility index (Phi) is 3.65. The molecule has 1 aromatic heterocycles. The summed E-state index contributed by atoms with van der Waals surface area (Å²) in [5.41, 5.74) is 3.16. The third-order valence-corrected chi connectivity index (χ3v) is 4.78. The number of nitrogens with zero attached hydrogens (tertiary/aromatic N) is 4. The van der Waals surface area contributed by atoms with Crippen LogP contribution in [-0.4, -0.2) is 21.4 Å². The molecule has 0 unspecified atom stereocenters. The molecule has 0 N–H and O–H groups in total. The van der Waals surface area contributed by atoms with Gasteiger partial charge in [-0.25, -0.2) is 9.97 Å². The molecule has 2 heterocycles. The van der Waals surface area contributed by atoms with E-state index in [2.05, 4.69) is 30.8 Å². The standard InChI is InChI=1S/C17H13BrN4O2/c18-13-2-4-16-15(8-13)17(20-10-19-16)21-6-5-11-1-3-14(22(23)24)7-12(11)9-21/h1-4,7-8,10H,5-6,9H2. The Labute approximate surface area is 146 Å². The lowest BCUT2D eigenvalue weighted by atomic mass is 9.99. The van der Waals surface area contributed by atoms with Crippen molar-refractivity contribution >= 4 is 38.3 Å². The van der Waals surface area contributed by atoms with Crippen molar-refractivity contribution in [1.82, 2.24) is 9.97 Å². The SMILES string of the molecule is O=[N+]([O-])c1ccc2c(c1)CN(c1ncnc3ccc(Br)cc13)CC2. The highest BCUT2D eigenvalue weighted by molar-refractivity contribution is 9.10. The van der Waals surface area contributed by atoms with Crippen LogP contribution in [0.4, 0.5) is 11.5 Å². The highest BCUT2D eigenvalue weighted by Crippen LogP contribution is 2.31. The topological polar surface area (TPSA) is 72.2 Å². The van der Waals surface area contributed by atoms with Crippen LogP contribution < -0.4 is 4.90 Å². The summed E-state index contributed by atoms with van der Waals surface area (Å²) in [5.74, 6) is 0.860. The Morgan fingerprint density at radius 1 is 1.12 bits per heavy atom. The van der Waals surface area contributed by atoms with Crippen LogP contribution in [0.1, 0.15) is 11.1 Å². The number of nitro groups is 1. The van der Waals surface area contributed by atoms with Crippen LogP contribution in [0.3, 0.4) is 0 Å². The molecule has 0 atom stereocenters. The van der Waals surface area contributed by atoms with Crippen molar-refractivity contribution < 1.29 is 4.92 Å². The number of rotatable bonds is 2. The molecule has 0 amide bonds. The molecule has 0 radical (unpaired) electrons. The summed E-state index contributed by atoms with van der Waals surface area (Å²) in [6, 6.07) is 11.0. The lowest BCUT2D eigenvalue weighted by Crippen LogP contribution is -2.31. The first-order valence-electron chi connectivity index (χ1n) is 7.53. The van der Waals surface area contributed by atoms with Gasteiger partial charge >= 0.3 is 0 Å². The average Bonchev–Trinajstić information content (AvgIpc) is 2.60. The zero-order valence-electron chi connectivity index (χ0n) is 12.6. The second kappa shape index (κ2) is 5.83. The van der Waals surface area contributed by atoms with Gasteiger partial charge in [-0.15, -0.1) is 0 Å². The van der Waals surface area contributed by atoms with Crippen LogP contribution in [-0.2, 0) is 13.0 Å². The fourth-order valence-electron chi connectivity index (χ4n) is 3.11. The second-order valence-corrected chi connectivity index (χ2v) is 6.66. The third kappa shape index (κ3) is 2.60. The predicted molar refractivity (Wildman–Crippen MR) is 95.1 cm³/mol. The summed E-state index contributed by atoms with van der Waals surface area (Å²) in [7, 11) is 0. The maximum atomic E-state index is 11.0. The summed E-state index contributed by atoms with van der Waals surface area (Å²) in [6.45, 7) is 1.43. The van der Waals surface area contributed by atoms with Crippen molar-refractivity contribution in [3.63, 3.8) is 0 Å². The molecule has 0 saturated heterocycles. The van der Waals surface area contributed by atoms with Gasteiger partial charge in [0.15, 0.2) is 0 Å². The molecule has 2 aromatic carbocycles.